The first-order valence-corrected chi connectivity index (χ1v) is 5.44. The van der Waals surface area contributed by atoms with Crippen LogP contribution in [0, 0.1) is 6.92 Å². The van der Waals surface area contributed by atoms with Crippen LogP contribution in [0.3, 0.4) is 0 Å². The fourth-order valence-corrected chi connectivity index (χ4v) is 1.69. The van der Waals surface area contributed by atoms with Gasteiger partial charge in [0.2, 0.25) is 0 Å². The molecule has 7 heteroatoms. The summed E-state index contributed by atoms with van der Waals surface area (Å²) < 4.78 is 4.95. The summed E-state index contributed by atoms with van der Waals surface area (Å²) in [6.07, 6.45) is 0. The molecular weight excluding hydrogens is 228 g/mol. The van der Waals surface area contributed by atoms with Crippen molar-refractivity contribution in [3.8, 4) is 0 Å². The normalized spacial score (nSPS) is 10.3. The van der Waals surface area contributed by atoms with E-state index in [0.717, 1.165) is 5.69 Å². The summed E-state index contributed by atoms with van der Waals surface area (Å²) in [5.74, 6) is 0.330. The molecule has 0 saturated heterocycles. The van der Waals surface area contributed by atoms with E-state index in [2.05, 4.69) is 15.5 Å². The number of amides is 1. The molecule has 0 radical (unpaired) electrons. The van der Waals surface area contributed by atoms with Gasteiger partial charge in [-0.3, -0.25) is 4.79 Å². The number of hydrogen-bond donors (Lipinski definition) is 2. The van der Waals surface area contributed by atoms with Gasteiger partial charge in [0.1, 0.15) is 5.69 Å². The molecule has 6 nitrogen and oxygen atoms in total. The summed E-state index contributed by atoms with van der Waals surface area (Å²) in [6, 6.07) is 1.76. The molecule has 2 aromatic heterocycles. The number of nitrogen functional groups attached to an aromatic ring is 1. The molecule has 0 atom stereocenters. The van der Waals surface area contributed by atoms with Crippen LogP contribution in [0.1, 0.15) is 21.9 Å². The monoisotopic (exact) mass is 238 g/mol. The van der Waals surface area contributed by atoms with E-state index in [4.69, 9.17) is 10.3 Å². The Kier molecular flexibility index (Phi) is 2.86. The van der Waals surface area contributed by atoms with Crippen molar-refractivity contribution in [1.82, 2.24) is 15.5 Å². The Morgan fingerprint density at radius 3 is 3.06 bits per heavy atom. The lowest BCUT2D eigenvalue weighted by atomic mass is 10.3. The van der Waals surface area contributed by atoms with Crippen molar-refractivity contribution in [2.75, 3.05) is 5.73 Å². The smallest absolute Gasteiger partial charge is 0.271 e. The fourth-order valence-electron chi connectivity index (χ4n) is 1.15. The molecule has 2 heterocycles. The van der Waals surface area contributed by atoms with Gasteiger partial charge in [0.05, 0.1) is 12.2 Å². The second-order valence-corrected chi connectivity index (χ2v) is 4.08. The summed E-state index contributed by atoms with van der Waals surface area (Å²) in [5.41, 5.74) is 6.52. The van der Waals surface area contributed by atoms with Gasteiger partial charge in [-0.25, -0.2) is 4.98 Å². The highest BCUT2D eigenvalue weighted by Gasteiger charge is 2.10. The number of anilines is 1. The van der Waals surface area contributed by atoms with Crippen molar-refractivity contribution < 1.29 is 9.32 Å². The summed E-state index contributed by atoms with van der Waals surface area (Å²) in [7, 11) is 0. The zero-order valence-electron chi connectivity index (χ0n) is 8.56. The van der Waals surface area contributed by atoms with Crippen molar-refractivity contribution in [3.63, 3.8) is 0 Å². The Morgan fingerprint density at radius 2 is 2.50 bits per heavy atom. The topological polar surface area (TPSA) is 94.0 Å². The van der Waals surface area contributed by atoms with Crippen molar-refractivity contribution in [2.24, 2.45) is 0 Å². The molecule has 2 rings (SSSR count). The van der Waals surface area contributed by atoms with Gasteiger partial charge in [-0.2, -0.15) is 0 Å². The molecule has 0 spiro atoms. The molecule has 0 aliphatic heterocycles. The van der Waals surface area contributed by atoms with Gasteiger partial charge in [-0.05, 0) is 6.92 Å². The van der Waals surface area contributed by atoms with E-state index < -0.39 is 0 Å². The minimum atomic E-state index is -0.276. The van der Waals surface area contributed by atoms with Crippen molar-refractivity contribution in [1.29, 1.82) is 0 Å². The van der Waals surface area contributed by atoms with E-state index in [1.165, 1.54) is 11.3 Å². The summed E-state index contributed by atoms with van der Waals surface area (Å²) >= 11 is 1.23. The maximum atomic E-state index is 11.6. The zero-order chi connectivity index (χ0) is 11.5. The Balaban J connectivity index is 1.93. The quantitative estimate of drug-likeness (QED) is 0.830. The first kappa shape index (κ1) is 10.6. The number of carbonyl (C=O) groups excluding carboxylic acids is 1. The molecule has 0 bridgehead atoms. The first-order valence-electron chi connectivity index (χ1n) is 4.56. The second kappa shape index (κ2) is 4.31. The van der Waals surface area contributed by atoms with Gasteiger partial charge in [0, 0.05) is 11.4 Å². The number of rotatable bonds is 3. The minimum absolute atomic E-state index is 0.276. The average Bonchev–Trinajstić information content (AvgIpc) is 2.84. The third kappa shape index (κ3) is 2.37. The SMILES string of the molecule is Cc1cc(CNC(=O)c2csc(N)n2)on1. The molecule has 2 aromatic rings. The van der Waals surface area contributed by atoms with Gasteiger partial charge < -0.3 is 15.6 Å². The Labute approximate surface area is 95.5 Å². The summed E-state index contributed by atoms with van der Waals surface area (Å²) in [4.78, 5) is 15.4. The van der Waals surface area contributed by atoms with E-state index in [0.29, 0.717) is 16.6 Å². The zero-order valence-corrected chi connectivity index (χ0v) is 9.37. The van der Waals surface area contributed by atoms with E-state index in [-0.39, 0.29) is 12.5 Å². The van der Waals surface area contributed by atoms with Crippen LogP contribution >= 0.6 is 11.3 Å². The standard InChI is InChI=1S/C9H10N4O2S/c1-5-2-6(15-13-5)3-11-8(14)7-4-16-9(10)12-7/h2,4H,3H2,1H3,(H2,10,12)(H,11,14). The van der Waals surface area contributed by atoms with E-state index >= 15 is 0 Å². The second-order valence-electron chi connectivity index (χ2n) is 3.19. The predicted octanol–water partition coefficient (Wildman–Crippen LogP) is 0.952. The molecule has 0 fully saturated rings. The lowest BCUT2D eigenvalue weighted by molar-refractivity contribution is 0.0943. The van der Waals surface area contributed by atoms with Gasteiger partial charge >= 0.3 is 0 Å². The van der Waals surface area contributed by atoms with E-state index in [9.17, 15) is 4.79 Å². The van der Waals surface area contributed by atoms with Crippen molar-refractivity contribution in [3.05, 3.63) is 28.6 Å². The Morgan fingerprint density at radius 1 is 1.69 bits per heavy atom. The molecule has 0 saturated carbocycles. The maximum Gasteiger partial charge on any atom is 0.271 e. The lowest BCUT2D eigenvalue weighted by Crippen LogP contribution is -2.22. The van der Waals surface area contributed by atoms with Gasteiger partial charge in [-0.1, -0.05) is 5.16 Å². The number of thiazole rings is 1. The summed E-state index contributed by atoms with van der Waals surface area (Å²) in [6.45, 7) is 2.10. The van der Waals surface area contributed by atoms with Crippen LogP contribution in [0.15, 0.2) is 16.0 Å². The first-order chi connectivity index (χ1) is 7.65. The predicted molar refractivity (Wildman–Crippen MR) is 58.9 cm³/mol. The minimum Gasteiger partial charge on any atom is -0.375 e. The van der Waals surface area contributed by atoms with Crippen molar-refractivity contribution >= 4 is 22.4 Å². The average molecular weight is 238 g/mol. The highest BCUT2D eigenvalue weighted by atomic mass is 32.1. The summed E-state index contributed by atoms with van der Waals surface area (Å²) in [5, 5.41) is 8.35. The largest absolute Gasteiger partial charge is 0.375 e. The highest BCUT2D eigenvalue weighted by molar-refractivity contribution is 7.13. The number of nitrogens with two attached hydrogens (primary N) is 1. The molecule has 16 heavy (non-hydrogen) atoms. The number of carbonyl (C=O) groups is 1. The van der Waals surface area contributed by atoms with Crippen LogP contribution in [0.25, 0.3) is 0 Å². The molecule has 1 amide bonds. The number of hydrogen-bond acceptors (Lipinski definition) is 6. The van der Waals surface area contributed by atoms with Gasteiger partial charge in [-0.15, -0.1) is 11.3 Å². The van der Waals surface area contributed by atoms with Crippen LogP contribution in [0.2, 0.25) is 0 Å². The Hall–Kier alpha value is -1.89. The van der Waals surface area contributed by atoms with Crippen LogP contribution < -0.4 is 11.1 Å². The highest BCUT2D eigenvalue weighted by Crippen LogP contribution is 2.11. The Bertz CT molecular complexity index is 505. The van der Waals surface area contributed by atoms with Crippen LogP contribution in [0.5, 0.6) is 0 Å². The molecule has 3 N–H and O–H groups in total. The molecule has 0 aliphatic carbocycles. The molecule has 0 aliphatic rings. The van der Waals surface area contributed by atoms with Crippen molar-refractivity contribution in [2.45, 2.75) is 13.5 Å². The molecular formula is C9H10N4O2S. The van der Waals surface area contributed by atoms with E-state index in [1.54, 1.807) is 11.4 Å². The van der Waals surface area contributed by atoms with E-state index in [1.807, 2.05) is 6.92 Å². The number of nitrogens with one attached hydrogen (secondary N) is 1. The van der Waals surface area contributed by atoms with Crippen LogP contribution in [0.4, 0.5) is 5.13 Å². The number of aromatic nitrogens is 2. The third-order valence-electron chi connectivity index (χ3n) is 1.85. The van der Waals surface area contributed by atoms with Gasteiger partial charge in [0.25, 0.3) is 5.91 Å². The molecule has 0 aromatic carbocycles. The van der Waals surface area contributed by atoms with Gasteiger partial charge in [0.15, 0.2) is 10.9 Å². The number of aryl methyl sites for hydroxylation is 1. The third-order valence-corrected chi connectivity index (χ3v) is 2.53. The maximum absolute atomic E-state index is 11.6. The number of nitrogens with zero attached hydrogens (tertiary/aromatic N) is 2. The molecule has 84 valence electrons. The van der Waals surface area contributed by atoms with Crippen LogP contribution in [-0.4, -0.2) is 16.0 Å². The fraction of sp³-hybridized carbons (Fsp3) is 0.222. The lowest BCUT2D eigenvalue weighted by Gasteiger charge is -1.98. The van der Waals surface area contributed by atoms with Crippen LogP contribution in [-0.2, 0) is 6.54 Å². The molecule has 0 unspecified atom stereocenters.